The molecular formula is C13H20INO2. The standard InChI is InChI=1S/C13H20INO2/c1-11(2)15-7-8-16-9-10-17-13-5-3-12(14)4-6-13/h3-6,11,15H,7-10H2,1-2H3. The van der Waals surface area contributed by atoms with Crippen molar-refractivity contribution in [3.05, 3.63) is 27.8 Å². The Bertz CT molecular complexity index is 301. The second kappa shape index (κ2) is 8.72. The van der Waals surface area contributed by atoms with Crippen molar-refractivity contribution in [2.45, 2.75) is 19.9 Å². The van der Waals surface area contributed by atoms with Gasteiger partial charge in [-0.3, -0.25) is 0 Å². The van der Waals surface area contributed by atoms with Gasteiger partial charge in [-0.25, -0.2) is 0 Å². The molecule has 0 aliphatic heterocycles. The first-order valence-electron chi connectivity index (χ1n) is 5.88. The molecule has 0 heterocycles. The summed E-state index contributed by atoms with van der Waals surface area (Å²) in [5, 5.41) is 3.29. The molecule has 0 saturated heterocycles. The Labute approximate surface area is 117 Å². The van der Waals surface area contributed by atoms with Crippen LogP contribution in [0, 0.1) is 3.57 Å². The maximum absolute atomic E-state index is 5.54. The first-order chi connectivity index (χ1) is 8.18. The molecule has 0 aliphatic carbocycles. The number of nitrogens with one attached hydrogen (secondary N) is 1. The first-order valence-corrected chi connectivity index (χ1v) is 6.96. The molecule has 0 fully saturated rings. The third-order valence-corrected chi connectivity index (χ3v) is 2.83. The molecule has 0 atom stereocenters. The maximum atomic E-state index is 5.54. The molecule has 0 radical (unpaired) electrons. The van der Waals surface area contributed by atoms with Crippen LogP contribution in [0.15, 0.2) is 24.3 Å². The predicted octanol–water partition coefficient (Wildman–Crippen LogP) is 2.68. The van der Waals surface area contributed by atoms with E-state index in [9.17, 15) is 0 Å². The van der Waals surface area contributed by atoms with Gasteiger partial charge < -0.3 is 14.8 Å². The van der Waals surface area contributed by atoms with E-state index in [1.165, 1.54) is 3.57 Å². The zero-order valence-corrected chi connectivity index (χ0v) is 12.6. The van der Waals surface area contributed by atoms with E-state index in [1.807, 2.05) is 24.3 Å². The van der Waals surface area contributed by atoms with Crippen LogP contribution in [0.3, 0.4) is 0 Å². The molecule has 0 spiro atoms. The van der Waals surface area contributed by atoms with Crippen LogP contribution in [-0.4, -0.2) is 32.4 Å². The van der Waals surface area contributed by atoms with Crippen molar-refractivity contribution >= 4 is 22.6 Å². The Balaban J connectivity index is 1.99. The lowest BCUT2D eigenvalue weighted by molar-refractivity contribution is 0.101. The quantitative estimate of drug-likeness (QED) is 0.578. The monoisotopic (exact) mass is 349 g/mol. The van der Waals surface area contributed by atoms with Crippen LogP contribution in [0.5, 0.6) is 5.75 Å². The van der Waals surface area contributed by atoms with Gasteiger partial charge in [0.2, 0.25) is 0 Å². The summed E-state index contributed by atoms with van der Waals surface area (Å²) < 4.78 is 12.2. The van der Waals surface area contributed by atoms with Crippen molar-refractivity contribution in [1.82, 2.24) is 5.32 Å². The lowest BCUT2D eigenvalue weighted by atomic mass is 10.3. The van der Waals surface area contributed by atoms with Crippen molar-refractivity contribution in [3.8, 4) is 5.75 Å². The Morgan fingerprint density at radius 1 is 1.12 bits per heavy atom. The molecule has 4 heteroatoms. The smallest absolute Gasteiger partial charge is 0.119 e. The molecule has 0 amide bonds. The molecule has 3 nitrogen and oxygen atoms in total. The van der Waals surface area contributed by atoms with Crippen LogP contribution in [0.25, 0.3) is 0 Å². The predicted molar refractivity (Wildman–Crippen MR) is 78.6 cm³/mol. The molecule has 0 bridgehead atoms. The zero-order chi connectivity index (χ0) is 12.5. The van der Waals surface area contributed by atoms with Gasteiger partial charge in [0.15, 0.2) is 0 Å². The highest BCUT2D eigenvalue weighted by atomic mass is 127. The SMILES string of the molecule is CC(C)NCCOCCOc1ccc(I)cc1. The maximum Gasteiger partial charge on any atom is 0.119 e. The van der Waals surface area contributed by atoms with E-state index in [4.69, 9.17) is 9.47 Å². The summed E-state index contributed by atoms with van der Waals surface area (Å²) in [7, 11) is 0. The number of hydrogen-bond acceptors (Lipinski definition) is 3. The van der Waals surface area contributed by atoms with Crippen molar-refractivity contribution in [2.24, 2.45) is 0 Å². The molecule has 17 heavy (non-hydrogen) atoms. The van der Waals surface area contributed by atoms with E-state index < -0.39 is 0 Å². The summed E-state index contributed by atoms with van der Waals surface area (Å²) >= 11 is 2.27. The number of benzene rings is 1. The molecule has 0 aromatic heterocycles. The Morgan fingerprint density at radius 3 is 2.47 bits per heavy atom. The fraction of sp³-hybridized carbons (Fsp3) is 0.538. The van der Waals surface area contributed by atoms with Crippen LogP contribution in [0.1, 0.15) is 13.8 Å². The fourth-order valence-corrected chi connectivity index (χ4v) is 1.63. The van der Waals surface area contributed by atoms with E-state index >= 15 is 0 Å². The minimum atomic E-state index is 0.515. The highest BCUT2D eigenvalue weighted by Crippen LogP contribution is 2.13. The van der Waals surface area contributed by atoms with Crippen molar-refractivity contribution in [3.63, 3.8) is 0 Å². The minimum Gasteiger partial charge on any atom is -0.491 e. The summed E-state index contributed by atoms with van der Waals surface area (Å²) in [5.74, 6) is 0.898. The number of rotatable bonds is 8. The molecule has 0 saturated carbocycles. The molecule has 96 valence electrons. The molecule has 0 aliphatic rings. The summed E-state index contributed by atoms with van der Waals surface area (Å²) in [5.41, 5.74) is 0. The van der Waals surface area contributed by atoms with Crippen LogP contribution in [0.4, 0.5) is 0 Å². The fourth-order valence-electron chi connectivity index (χ4n) is 1.27. The van der Waals surface area contributed by atoms with Gasteiger partial charge in [0, 0.05) is 16.2 Å². The third kappa shape index (κ3) is 7.57. The van der Waals surface area contributed by atoms with Gasteiger partial charge >= 0.3 is 0 Å². The highest BCUT2D eigenvalue weighted by molar-refractivity contribution is 14.1. The highest BCUT2D eigenvalue weighted by Gasteiger charge is 1.95. The van der Waals surface area contributed by atoms with Gasteiger partial charge in [-0.2, -0.15) is 0 Å². The van der Waals surface area contributed by atoms with E-state index in [0.29, 0.717) is 19.3 Å². The molecule has 1 N–H and O–H groups in total. The largest absolute Gasteiger partial charge is 0.491 e. The lowest BCUT2D eigenvalue weighted by Gasteiger charge is -2.09. The number of hydrogen-bond donors (Lipinski definition) is 1. The van der Waals surface area contributed by atoms with Gasteiger partial charge in [0.1, 0.15) is 12.4 Å². The minimum absolute atomic E-state index is 0.515. The van der Waals surface area contributed by atoms with Crippen LogP contribution >= 0.6 is 22.6 Å². The summed E-state index contributed by atoms with van der Waals surface area (Å²) in [6, 6.07) is 8.53. The number of ether oxygens (including phenoxy) is 2. The van der Waals surface area contributed by atoms with E-state index in [-0.39, 0.29) is 0 Å². The first kappa shape index (κ1) is 14.7. The van der Waals surface area contributed by atoms with Gasteiger partial charge in [-0.05, 0) is 46.9 Å². The van der Waals surface area contributed by atoms with Gasteiger partial charge in [-0.15, -0.1) is 0 Å². The zero-order valence-electron chi connectivity index (χ0n) is 10.4. The summed E-state index contributed by atoms with van der Waals surface area (Å²) in [6.07, 6.45) is 0. The molecular weight excluding hydrogens is 329 g/mol. The van der Waals surface area contributed by atoms with Gasteiger partial charge in [0.25, 0.3) is 0 Å². The van der Waals surface area contributed by atoms with Gasteiger partial charge in [-0.1, -0.05) is 13.8 Å². The normalized spacial score (nSPS) is 10.8. The average Bonchev–Trinajstić information content (AvgIpc) is 2.30. The second-order valence-corrected chi connectivity index (χ2v) is 5.27. The third-order valence-electron chi connectivity index (χ3n) is 2.11. The average molecular weight is 349 g/mol. The second-order valence-electron chi connectivity index (χ2n) is 4.02. The Hall–Kier alpha value is -0.330. The number of halogens is 1. The van der Waals surface area contributed by atoms with Crippen LogP contribution in [0.2, 0.25) is 0 Å². The van der Waals surface area contributed by atoms with Crippen LogP contribution in [-0.2, 0) is 4.74 Å². The lowest BCUT2D eigenvalue weighted by Crippen LogP contribution is -2.27. The van der Waals surface area contributed by atoms with Crippen molar-refractivity contribution in [1.29, 1.82) is 0 Å². The molecule has 1 rings (SSSR count). The Morgan fingerprint density at radius 2 is 1.82 bits per heavy atom. The van der Waals surface area contributed by atoms with Crippen molar-refractivity contribution < 1.29 is 9.47 Å². The molecule has 0 unspecified atom stereocenters. The van der Waals surface area contributed by atoms with E-state index in [0.717, 1.165) is 18.9 Å². The summed E-state index contributed by atoms with van der Waals surface area (Å²) in [4.78, 5) is 0. The topological polar surface area (TPSA) is 30.5 Å². The Kier molecular flexibility index (Phi) is 7.55. The van der Waals surface area contributed by atoms with Crippen molar-refractivity contribution in [2.75, 3.05) is 26.4 Å². The van der Waals surface area contributed by atoms with Gasteiger partial charge in [0.05, 0.1) is 13.2 Å². The summed E-state index contributed by atoms with van der Waals surface area (Å²) in [6.45, 7) is 7.10. The van der Waals surface area contributed by atoms with E-state index in [1.54, 1.807) is 0 Å². The molecule has 1 aromatic carbocycles. The van der Waals surface area contributed by atoms with Crippen LogP contribution < -0.4 is 10.1 Å². The molecule has 1 aromatic rings. The van der Waals surface area contributed by atoms with E-state index in [2.05, 4.69) is 41.8 Å².